The number of thiocarbonyl (C=S) groups is 1. The zero-order valence-corrected chi connectivity index (χ0v) is 17.8. The van der Waals surface area contributed by atoms with E-state index < -0.39 is 4.92 Å². The average molecular weight is 447 g/mol. The van der Waals surface area contributed by atoms with Crippen LogP contribution in [-0.4, -0.2) is 47.4 Å². The van der Waals surface area contributed by atoms with Crippen molar-refractivity contribution in [3.8, 4) is 17.2 Å². The zero-order chi connectivity index (χ0) is 21.7. The van der Waals surface area contributed by atoms with Crippen LogP contribution < -0.4 is 14.2 Å². The molecule has 10 heteroatoms. The Kier molecular flexibility index (Phi) is 6.91. The van der Waals surface area contributed by atoms with E-state index in [1.165, 1.54) is 48.0 Å². The first-order chi connectivity index (χ1) is 14.4. The molecule has 0 N–H and O–H groups in total. The Labute approximate surface area is 182 Å². The molecule has 30 heavy (non-hydrogen) atoms. The van der Waals surface area contributed by atoms with Gasteiger partial charge in [0.1, 0.15) is 23.3 Å². The molecule has 1 saturated heterocycles. The summed E-state index contributed by atoms with van der Waals surface area (Å²) in [5.41, 5.74) is 0.792. The second-order valence-corrected chi connectivity index (χ2v) is 7.77. The second-order valence-electron chi connectivity index (χ2n) is 6.10. The van der Waals surface area contributed by atoms with E-state index >= 15 is 0 Å². The van der Waals surface area contributed by atoms with Gasteiger partial charge >= 0.3 is 0 Å². The van der Waals surface area contributed by atoms with Crippen molar-refractivity contribution in [2.75, 3.05) is 27.4 Å². The number of amides is 1. The molecule has 0 aromatic heterocycles. The van der Waals surface area contributed by atoms with Crippen LogP contribution in [0, 0.1) is 10.1 Å². The lowest BCUT2D eigenvalue weighted by Gasteiger charge is -2.12. The minimum Gasteiger partial charge on any atom is -0.493 e. The van der Waals surface area contributed by atoms with Crippen LogP contribution in [0.2, 0.25) is 0 Å². The van der Waals surface area contributed by atoms with Gasteiger partial charge in [0.15, 0.2) is 11.5 Å². The molecule has 0 saturated carbocycles. The van der Waals surface area contributed by atoms with Gasteiger partial charge in [-0.15, -0.1) is 0 Å². The van der Waals surface area contributed by atoms with Crippen molar-refractivity contribution in [3.05, 3.63) is 63.0 Å². The molecule has 0 radical (unpaired) electrons. The number of non-ortho nitro benzene ring substituents is 1. The number of methoxy groups -OCH3 is 1. The molecule has 1 amide bonds. The Hall–Kier alpha value is -3.11. The molecule has 0 spiro atoms. The Morgan fingerprint density at radius 2 is 1.83 bits per heavy atom. The van der Waals surface area contributed by atoms with E-state index in [1.54, 1.807) is 25.3 Å². The van der Waals surface area contributed by atoms with Gasteiger partial charge in [-0.2, -0.15) is 0 Å². The number of carbonyl (C=O) groups excluding carboxylic acids is 1. The molecule has 1 heterocycles. The minimum atomic E-state index is -0.466. The van der Waals surface area contributed by atoms with Gasteiger partial charge in [0, 0.05) is 19.2 Å². The first-order valence-electron chi connectivity index (χ1n) is 8.78. The van der Waals surface area contributed by atoms with E-state index in [4.69, 9.17) is 26.4 Å². The predicted octanol–water partition coefficient (Wildman–Crippen LogP) is 3.89. The number of rotatable bonds is 8. The molecule has 1 aliphatic rings. The molecule has 0 aliphatic carbocycles. The van der Waals surface area contributed by atoms with Crippen molar-refractivity contribution in [1.29, 1.82) is 0 Å². The molecule has 1 fully saturated rings. The lowest BCUT2D eigenvalue weighted by molar-refractivity contribution is -0.384. The third-order valence-corrected chi connectivity index (χ3v) is 5.61. The molecule has 2 aromatic rings. The Bertz CT molecular complexity index is 1010. The molecule has 0 unspecified atom stereocenters. The van der Waals surface area contributed by atoms with Crippen molar-refractivity contribution in [2.45, 2.75) is 0 Å². The number of nitro groups is 1. The van der Waals surface area contributed by atoms with E-state index in [1.807, 2.05) is 6.07 Å². The van der Waals surface area contributed by atoms with Gasteiger partial charge in [-0.05, 0) is 35.9 Å². The standard InChI is InChI=1S/C20H18N2O6S2/c1-21-19(23)18(30-20(21)29)12-13-3-8-16(17(11-13)26-2)28-10-9-27-15-6-4-14(5-7-15)22(24)25/h3-8,11-12H,9-10H2,1-2H3/b18-12+. The van der Waals surface area contributed by atoms with Gasteiger partial charge in [-0.3, -0.25) is 19.8 Å². The summed E-state index contributed by atoms with van der Waals surface area (Å²) in [4.78, 5) is 24.3. The third kappa shape index (κ3) is 5.08. The molecule has 2 aromatic carbocycles. The lowest BCUT2D eigenvalue weighted by Crippen LogP contribution is -2.22. The molecule has 156 valence electrons. The lowest BCUT2D eigenvalue weighted by atomic mass is 10.2. The quantitative estimate of drug-likeness (QED) is 0.198. The van der Waals surface area contributed by atoms with E-state index in [2.05, 4.69) is 0 Å². The number of benzene rings is 2. The van der Waals surface area contributed by atoms with Gasteiger partial charge in [0.2, 0.25) is 0 Å². The van der Waals surface area contributed by atoms with Gasteiger partial charge in [-0.1, -0.05) is 30.0 Å². The third-order valence-electron chi connectivity index (χ3n) is 4.13. The van der Waals surface area contributed by atoms with Gasteiger partial charge in [-0.25, -0.2) is 0 Å². The average Bonchev–Trinajstić information content (AvgIpc) is 2.98. The molecule has 0 atom stereocenters. The summed E-state index contributed by atoms with van der Waals surface area (Å²) in [6, 6.07) is 11.2. The van der Waals surface area contributed by atoms with Crippen LogP contribution in [0.3, 0.4) is 0 Å². The topological polar surface area (TPSA) is 91.1 Å². The van der Waals surface area contributed by atoms with Crippen LogP contribution in [0.25, 0.3) is 6.08 Å². The van der Waals surface area contributed by atoms with Crippen molar-refractivity contribution in [3.63, 3.8) is 0 Å². The van der Waals surface area contributed by atoms with Crippen LogP contribution in [0.1, 0.15) is 5.56 Å². The van der Waals surface area contributed by atoms with Gasteiger partial charge in [0.25, 0.3) is 11.6 Å². The Balaban J connectivity index is 1.58. The number of likely N-dealkylation sites (N-methyl/N-ethyl adjacent to an activating group) is 1. The summed E-state index contributed by atoms with van der Waals surface area (Å²) >= 11 is 6.39. The van der Waals surface area contributed by atoms with Gasteiger partial charge in [0.05, 0.1) is 16.9 Å². The van der Waals surface area contributed by atoms with Crippen LogP contribution in [-0.2, 0) is 4.79 Å². The first-order valence-corrected chi connectivity index (χ1v) is 10.0. The zero-order valence-electron chi connectivity index (χ0n) is 16.2. The normalized spacial score (nSPS) is 14.9. The van der Waals surface area contributed by atoms with Crippen LogP contribution >= 0.6 is 24.0 Å². The van der Waals surface area contributed by atoms with Crippen LogP contribution in [0.4, 0.5) is 5.69 Å². The second kappa shape index (κ2) is 9.59. The molecule has 1 aliphatic heterocycles. The fourth-order valence-corrected chi connectivity index (χ4v) is 3.74. The number of nitrogens with zero attached hydrogens (tertiary/aromatic N) is 2. The van der Waals surface area contributed by atoms with Crippen molar-refractivity contribution in [1.82, 2.24) is 4.90 Å². The summed E-state index contributed by atoms with van der Waals surface area (Å²) in [6.45, 7) is 0.503. The molecular weight excluding hydrogens is 428 g/mol. The van der Waals surface area contributed by atoms with Crippen molar-refractivity contribution < 1.29 is 23.9 Å². The summed E-state index contributed by atoms with van der Waals surface area (Å²) in [7, 11) is 3.18. The number of ether oxygens (including phenoxy) is 3. The highest BCUT2D eigenvalue weighted by atomic mass is 32.2. The highest BCUT2D eigenvalue weighted by Crippen LogP contribution is 2.34. The van der Waals surface area contributed by atoms with Gasteiger partial charge < -0.3 is 14.2 Å². The van der Waals surface area contributed by atoms with E-state index in [0.717, 1.165) is 5.56 Å². The largest absolute Gasteiger partial charge is 0.493 e. The number of nitro benzene ring substituents is 1. The highest BCUT2D eigenvalue weighted by molar-refractivity contribution is 8.26. The maximum atomic E-state index is 12.1. The molecular formula is C20H18N2O6S2. The minimum absolute atomic E-state index is 0.00423. The summed E-state index contributed by atoms with van der Waals surface area (Å²) in [6.07, 6.45) is 1.76. The van der Waals surface area contributed by atoms with E-state index in [9.17, 15) is 14.9 Å². The smallest absolute Gasteiger partial charge is 0.269 e. The summed E-state index contributed by atoms with van der Waals surface area (Å²) in [5.74, 6) is 1.43. The molecule has 0 bridgehead atoms. The molecule has 8 nitrogen and oxygen atoms in total. The number of hydrogen-bond donors (Lipinski definition) is 0. The highest BCUT2D eigenvalue weighted by Gasteiger charge is 2.28. The Morgan fingerprint density at radius 3 is 2.43 bits per heavy atom. The summed E-state index contributed by atoms with van der Waals surface area (Å²) < 4.78 is 17.1. The first kappa shape index (κ1) is 21.6. The maximum Gasteiger partial charge on any atom is 0.269 e. The number of carbonyl (C=O) groups is 1. The van der Waals surface area contributed by atoms with Crippen molar-refractivity contribution in [2.24, 2.45) is 0 Å². The predicted molar refractivity (Wildman–Crippen MR) is 118 cm³/mol. The SMILES string of the molecule is COc1cc(/C=C2/SC(=S)N(C)C2=O)ccc1OCCOc1ccc([N+](=O)[O-])cc1. The summed E-state index contributed by atoms with van der Waals surface area (Å²) in [5, 5.41) is 10.7. The van der Waals surface area contributed by atoms with Crippen molar-refractivity contribution >= 4 is 46.0 Å². The molecule has 3 rings (SSSR count). The maximum absolute atomic E-state index is 12.1. The number of thioether (sulfide) groups is 1. The monoisotopic (exact) mass is 446 g/mol. The Morgan fingerprint density at radius 1 is 1.13 bits per heavy atom. The van der Waals surface area contributed by atoms with Crippen LogP contribution in [0.5, 0.6) is 17.2 Å². The number of hydrogen-bond acceptors (Lipinski definition) is 8. The fourth-order valence-electron chi connectivity index (χ4n) is 2.57. The van der Waals surface area contributed by atoms with Crippen LogP contribution in [0.15, 0.2) is 47.4 Å². The van der Waals surface area contributed by atoms with E-state index in [-0.39, 0.29) is 24.8 Å². The fraction of sp³-hybridized carbons (Fsp3) is 0.200. The van der Waals surface area contributed by atoms with E-state index in [0.29, 0.717) is 26.5 Å².